The third kappa shape index (κ3) is 4.28. The van der Waals surface area contributed by atoms with Gasteiger partial charge in [0.05, 0.1) is 30.9 Å². The average Bonchev–Trinajstić information content (AvgIpc) is 3.20. The van der Waals surface area contributed by atoms with Gasteiger partial charge in [-0.3, -0.25) is 4.79 Å². The van der Waals surface area contributed by atoms with Gasteiger partial charge in [0.2, 0.25) is 0 Å². The zero-order chi connectivity index (χ0) is 18.7. The molecular weight excluding hydrogens is 342 g/mol. The molecule has 6 nitrogen and oxygen atoms in total. The molecule has 0 aromatic heterocycles. The highest BCUT2D eigenvalue weighted by Crippen LogP contribution is 2.28. The van der Waals surface area contributed by atoms with Crippen LogP contribution in [0.4, 0.5) is 5.69 Å². The fourth-order valence-electron chi connectivity index (χ4n) is 4.68. The zero-order valence-corrected chi connectivity index (χ0v) is 16.1. The molecule has 0 aliphatic carbocycles. The zero-order valence-electron chi connectivity index (χ0n) is 16.1. The van der Waals surface area contributed by atoms with Crippen molar-refractivity contribution in [3.63, 3.8) is 0 Å². The van der Waals surface area contributed by atoms with Crippen LogP contribution in [0.15, 0.2) is 24.3 Å². The fourth-order valence-corrected chi connectivity index (χ4v) is 4.68. The highest BCUT2D eigenvalue weighted by atomic mass is 16.5. The number of ether oxygens (including phenoxy) is 1. The summed E-state index contributed by atoms with van der Waals surface area (Å²) in [4.78, 5) is 19.8. The van der Waals surface area contributed by atoms with E-state index in [9.17, 15) is 9.90 Å². The average molecular weight is 373 g/mol. The maximum atomic E-state index is 13.3. The summed E-state index contributed by atoms with van der Waals surface area (Å²) in [5.74, 6) is 0.0386. The summed E-state index contributed by atoms with van der Waals surface area (Å²) >= 11 is 0. The number of carbonyl (C=O) groups excluding carboxylic acids is 1. The Labute approximate surface area is 161 Å². The van der Waals surface area contributed by atoms with E-state index in [0.717, 1.165) is 56.8 Å². The summed E-state index contributed by atoms with van der Waals surface area (Å²) in [6.07, 6.45) is 4.06. The molecule has 3 saturated heterocycles. The van der Waals surface area contributed by atoms with Crippen LogP contribution < -0.4 is 4.90 Å². The highest BCUT2D eigenvalue weighted by molar-refractivity contribution is 6.00. The number of β-amino-alcohol motifs (C(OH)–C–C–N with tert-alkyl or cyclic N) is 1. The number of para-hydroxylation sites is 1. The minimum absolute atomic E-state index is 0.0386. The van der Waals surface area contributed by atoms with Crippen molar-refractivity contribution in [1.29, 1.82) is 0 Å². The molecule has 0 spiro atoms. The second-order valence-electron chi connectivity index (χ2n) is 8.15. The predicted octanol–water partition coefficient (Wildman–Crippen LogP) is 1.59. The first kappa shape index (κ1) is 18.7. The Bertz CT molecular complexity index is 656. The van der Waals surface area contributed by atoms with E-state index in [0.29, 0.717) is 26.3 Å². The number of hydrogen-bond donors (Lipinski definition) is 1. The molecule has 1 unspecified atom stereocenters. The van der Waals surface area contributed by atoms with Crippen LogP contribution in [0, 0.1) is 0 Å². The van der Waals surface area contributed by atoms with E-state index in [1.165, 1.54) is 12.8 Å². The van der Waals surface area contributed by atoms with E-state index in [1.54, 1.807) is 0 Å². The van der Waals surface area contributed by atoms with Crippen LogP contribution in [-0.4, -0.2) is 85.4 Å². The standard InChI is InChI=1S/C21H31N3O3/c25-20(18-6-1-2-7-19(18)23-12-14-27-15-13-23)24-11-5-8-21(26,17-24)16-22-9-3-4-10-22/h1-2,6-7,26H,3-5,8-17H2. The van der Waals surface area contributed by atoms with Crippen LogP contribution in [0.5, 0.6) is 0 Å². The topological polar surface area (TPSA) is 56.3 Å². The van der Waals surface area contributed by atoms with Gasteiger partial charge in [-0.05, 0) is 50.9 Å². The van der Waals surface area contributed by atoms with Crippen LogP contribution in [0.3, 0.4) is 0 Å². The molecule has 3 aliphatic heterocycles. The van der Waals surface area contributed by atoms with Crippen LogP contribution >= 0.6 is 0 Å². The number of hydrogen-bond acceptors (Lipinski definition) is 5. The summed E-state index contributed by atoms with van der Waals surface area (Å²) in [5, 5.41) is 11.2. The van der Waals surface area contributed by atoms with Gasteiger partial charge in [-0.2, -0.15) is 0 Å². The lowest BCUT2D eigenvalue weighted by molar-refractivity contribution is -0.0430. The first-order valence-electron chi connectivity index (χ1n) is 10.3. The van der Waals surface area contributed by atoms with Crippen LogP contribution in [0.2, 0.25) is 0 Å². The molecule has 1 amide bonds. The molecule has 1 atom stereocenters. The van der Waals surface area contributed by atoms with Crippen molar-refractivity contribution in [2.45, 2.75) is 31.3 Å². The van der Waals surface area contributed by atoms with Gasteiger partial charge in [0.25, 0.3) is 5.91 Å². The maximum absolute atomic E-state index is 13.3. The second-order valence-corrected chi connectivity index (χ2v) is 8.15. The first-order valence-corrected chi connectivity index (χ1v) is 10.3. The molecule has 27 heavy (non-hydrogen) atoms. The molecule has 0 saturated carbocycles. The fraction of sp³-hybridized carbons (Fsp3) is 0.667. The predicted molar refractivity (Wildman–Crippen MR) is 105 cm³/mol. The number of anilines is 1. The number of nitrogens with zero attached hydrogens (tertiary/aromatic N) is 3. The first-order chi connectivity index (χ1) is 13.1. The third-order valence-electron chi connectivity index (χ3n) is 6.05. The molecule has 0 radical (unpaired) electrons. The van der Waals surface area contributed by atoms with Crippen molar-refractivity contribution in [1.82, 2.24) is 9.80 Å². The Morgan fingerprint density at radius 1 is 1.04 bits per heavy atom. The number of likely N-dealkylation sites (tertiary alicyclic amines) is 2. The second kappa shape index (κ2) is 8.17. The number of carbonyl (C=O) groups is 1. The van der Waals surface area contributed by atoms with Gasteiger partial charge in [0.15, 0.2) is 0 Å². The Morgan fingerprint density at radius 2 is 1.78 bits per heavy atom. The lowest BCUT2D eigenvalue weighted by Crippen LogP contribution is -2.55. The molecule has 3 heterocycles. The Hall–Kier alpha value is -1.63. The van der Waals surface area contributed by atoms with Crippen molar-refractivity contribution < 1.29 is 14.6 Å². The van der Waals surface area contributed by atoms with E-state index < -0.39 is 5.60 Å². The largest absolute Gasteiger partial charge is 0.387 e. The van der Waals surface area contributed by atoms with Crippen LogP contribution in [0.1, 0.15) is 36.0 Å². The van der Waals surface area contributed by atoms with E-state index in [2.05, 4.69) is 9.80 Å². The third-order valence-corrected chi connectivity index (χ3v) is 6.05. The number of rotatable bonds is 4. The van der Waals surface area contributed by atoms with E-state index in [-0.39, 0.29) is 5.91 Å². The maximum Gasteiger partial charge on any atom is 0.256 e. The van der Waals surface area contributed by atoms with E-state index in [1.807, 2.05) is 29.2 Å². The van der Waals surface area contributed by atoms with Gasteiger partial charge < -0.3 is 24.5 Å². The number of benzene rings is 1. The van der Waals surface area contributed by atoms with E-state index in [4.69, 9.17) is 4.74 Å². The van der Waals surface area contributed by atoms with Gasteiger partial charge >= 0.3 is 0 Å². The number of piperidine rings is 1. The number of amides is 1. The van der Waals surface area contributed by atoms with Gasteiger partial charge in [0, 0.05) is 31.9 Å². The number of aliphatic hydroxyl groups is 1. The summed E-state index contributed by atoms with van der Waals surface area (Å²) in [7, 11) is 0. The molecule has 4 rings (SSSR count). The molecule has 0 bridgehead atoms. The van der Waals surface area contributed by atoms with Crippen molar-refractivity contribution in [2.24, 2.45) is 0 Å². The van der Waals surface area contributed by atoms with Crippen LogP contribution in [-0.2, 0) is 4.74 Å². The SMILES string of the molecule is O=C(c1ccccc1N1CCOCC1)N1CCCC(O)(CN2CCCC2)C1. The Kier molecular flexibility index (Phi) is 5.66. The van der Waals surface area contributed by atoms with Crippen molar-refractivity contribution in [3.8, 4) is 0 Å². The summed E-state index contributed by atoms with van der Waals surface area (Å²) in [6, 6.07) is 7.86. The minimum atomic E-state index is -0.786. The lowest BCUT2D eigenvalue weighted by atomic mass is 9.91. The van der Waals surface area contributed by atoms with Crippen molar-refractivity contribution >= 4 is 11.6 Å². The monoisotopic (exact) mass is 373 g/mol. The van der Waals surface area contributed by atoms with E-state index >= 15 is 0 Å². The Morgan fingerprint density at radius 3 is 2.56 bits per heavy atom. The molecule has 1 aromatic carbocycles. The molecule has 6 heteroatoms. The smallest absolute Gasteiger partial charge is 0.256 e. The van der Waals surface area contributed by atoms with Gasteiger partial charge in [0.1, 0.15) is 0 Å². The normalized spacial score (nSPS) is 27.1. The van der Waals surface area contributed by atoms with Crippen LogP contribution in [0.25, 0.3) is 0 Å². The molecular formula is C21H31N3O3. The highest BCUT2D eigenvalue weighted by Gasteiger charge is 2.38. The molecule has 3 aliphatic rings. The van der Waals surface area contributed by atoms with Crippen molar-refractivity contribution in [2.75, 3.05) is 63.9 Å². The molecule has 3 fully saturated rings. The van der Waals surface area contributed by atoms with Gasteiger partial charge in [-0.1, -0.05) is 12.1 Å². The van der Waals surface area contributed by atoms with Gasteiger partial charge in [-0.15, -0.1) is 0 Å². The lowest BCUT2D eigenvalue weighted by Gasteiger charge is -2.41. The Balaban J connectivity index is 1.49. The summed E-state index contributed by atoms with van der Waals surface area (Å²) in [6.45, 7) is 6.97. The quantitative estimate of drug-likeness (QED) is 0.869. The van der Waals surface area contributed by atoms with Crippen molar-refractivity contribution in [3.05, 3.63) is 29.8 Å². The number of morpholine rings is 1. The summed E-state index contributed by atoms with van der Waals surface area (Å²) < 4.78 is 5.45. The minimum Gasteiger partial charge on any atom is -0.387 e. The molecule has 1 N–H and O–H groups in total. The van der Waals surface area contributed by atoms with Gasteiger partial charge in [-0.25, -0.2) is 0 Å². The summed E-state index contributed by atoms with van der Waals surface area (Å²) in [5.41, 5.74) is 0.941. The molecule has 1 aromatic rings. The molecule has 148 valence electrons.